The molecule has 2 atom stereocenters. The topological polar surface area (TPSA) is 75.4 Å². The van der Waals surface area contributed by atoms with E-state index in [1.807, 2.05) is 0 Å². The Labute approximate surface area is 164 Å². The van der Waals surface area contributed by atoms with Crippen LogP contribution in [0.4, 0.5) is 13.9 Å². The molecule has 10 heteroatoms. The van der Waals surface area contributed by atoms with Crippen LogP contribution >= 0.6 is 11.3 Å². The monoisotopic (exact) mass is 409 g/mol. The van der Waals surface area contributed by atoms with Gasteiger partial charge in [-0.3, -0.25) is 4.79 Å². The molecule has 150 valence electrons. The van der Waals surface area contributed by atoms with Crippen LogP contribution in [-0.4, -0.2) is 51.2 Å². The standard InChI is InChI=1S/C18H21F2N5O2S/c19-14(20)16-23-22-15(27-16)13-7-21-18(28-13)24-8-11-6-12(9-24)25(11)17(26)10-4-2-1-3-5-10/h7,10-12,14H,1-6,8-9H2. The second kappa shape index (κ2) is 7.06. The number of fused-ring (bicyclic) bond motifs is 2. The van der Waals surface area contributed by atoms with E-state index in [1.165, 1.54) is 17.8 Å². The van der Waals surface area contributed by atoms with Gasteiger partial charge in [0.05, 0.1) is 18.3 Å². The number of carbonyl (C=O) groups is 1. The molecular formula is C18H21F2N5O2S. The first-order valence-electron chi connectivity index (χ1n) is 9.75. The number of hydrogen-bond acceptors (Lipinski definition) is 7. The molecule has 0 radical (unpaired) electrons. The molecule has 2 aromatic heterocycles. The number of piperazine rings is 1. The second-order valence-corrected chi connectivity index (χ2v) is 8.79. The van der Waals surface area contributed by atoms with Gasteiger partial charge in [-0.1, -0.05) is 30.6 Å². The van der Waals surface area contributed by atoms with Crippen molar-refractivity contribution in [3.8, 4) is 10.8 Å². The largest absolute Gasteiger partial charge is 0.414 e. The van der Waals surface area contributed by atoms with Crippen molar-refractivity contribution in [3.05, 3.63) is 12.1 Å². The number of hydrogen-bond donors (Lipinski definition) is 0. The first-order chi connectivity index (χ1) is 13.6. The zero-order valence-corrected chi connectivity index (χ0v) is 16.1. The molecule has 2 bridgehead atoms. The van der Waals surface area contributed by atoms with Crippen molar-refractivity contribution >= 4 is 22.4 Å². The van der Waals surface area contributed by atoms with E-state index in [-0.39, 0.29) is 23.9 Å². The molecule has 5 heterocycles. The molecule has 7 nitrogen and oxygen atoms in total. The molecule has 1 saturated carbocycles. The van der Waals surface area contributed by atoms with Crippen molar-refractivity contribution in [3.63, 3.8) is 0 Å². The normalized spacial score (nSPS) is 25.2. The summed E-state index contributed by atoms with van der Waals surface area (Å²) in [4.78, 5) is 22.1. The molecule has 0 N–H and O–H groups in total. The van der Waals surface area contributed by atoms with E-state index in [0.717, 1.165) is 50.3 Å². The fourth-order valence-corrected chi connectivity index (χ4v) is 5.47. The summed E-state index contributed by atoms with van der Waals surface area (Å²) in [5, 5.41) is 7.84. The maximum Gasteiger partial charge on any atom is 0.314 e. The highest BCUT2D eigenvalue weighted by Crippen LogP contribution is 2.40. The minimum atomic E-state index is -2.78. The van der Waals surface area contributed by atoms with Gasteiger partial charge < -0.3 is 14.2 Å². The average molecular weight is 409 g/mol. The minimum Gasteiger partial charge on any atom is -0.414 e. The van der Waals surface area contributed by atoms with Crippen LogP contribution in [0.15, 0.2) is 10.6 Å². The van der Waals surface area contributed by atoms with Gasteiger partial charge in [0.2, 0.25) is 5.91 Å². The lowest BCUT2D eigenvalue weighted by Gasteiger charge is -2.57. The summed E-state index contributed by atoms with van der Waals surface area (Å²) in [6.07, 6.45) is 5.47. The minimum absolute atomic E-state index is 0.0651. The number of halogens is 2. The van der Waals surface area contributed by atoms with Crippen molar-refractivity contribution in [2.45, 2.75) is 57.0 Å². The maximum atomic E-state index is 12.9. The van der Waals surface area contributed by atoms with Crippen LogP contribution in [-0.2, 0) is 4.79 Å². The molecule has 2 unspecified atom stereocenters. The summed E-state index contributed by atoms with van der Waals surface area (Å²) in [5.41, 5.74) is 0. The van der Waals surface area contributed by atoms with Gasteiger partial charge in [0.1, 0.15) is 4.88 Å². The van der Waals surface area contributed by atoms with Gasteiger partial charge in [0, 0.05) is 19.0 Å². The second-order valence-electron chi connectivity index (χ2n) is 7.78. The van der Waals surface area contributed by atoms with Gasteiger partial charge in [-0.15, -0.1) is 10.2 Å². The van der Waals surface area contributed by atoms with E-state index < -0.39 is 12.3 Å². The van der Waals surface area contributed by atoms with Gasteiger partial charge in [-0.05, 0) is 19.3 Å². The Kier molecular flexibility index (Phi) is 4.53. The number of aromatic nitrogens is 3. The Morgan fingerprint density at radius 2 is 1.93 bits per heavy atom. The third-order valence-corrected chi connectivity index (χ3v) is 7.05. The highest BCUT2D eigenvalue weighted by atomic mass is 32.1. The molecule has 3 aliphatic heterocycles. The number of rotatable bonds is 4. The predicted molar refractivity (Wildman–Crippen MR) is 98.2 cm³/mol. The van der Waals surface area contributed by atoms with Crippen molar-refractivity contribution in [2.75, 3.05) is 18.0 Å². The number of nitrogens with zero attached hydrogens (tertiary/aromatic N) is 5. The molecule has 4 aliphatic rings. The molecule has 28 heavy (non-hydrogen) atoms. The average Bonchev–Trinajstić information content (AvgIpc) is 3.38. The Balaban J connectivity index is 1.25. The van der Waals surface area contributed by atoms with Gasteiger partial charge in [0.15, 0.2) is 5.13 Å². The van der Waals surface area contributed by atoms with E-state index in [2.05, 4.69) is 25.0 Å². The zero-order valence-electron chi connectivity index (χ0n) is 15.3. The van der Waals surface area contributed by atoms with Crippen LogP contribution in [0.2, 0.25) is 0 Å². The van der Waals surface area contributed by atoms with Crippen LogP contribution in [0.5, 0.6) is 0 Å². The number of thiazole rings is 1. The summed E-state index contributed by atoms with van der Waals surface area (Å²) in [6, 6.07) is 0.490. The van der Waals surface area contributed by atoms with Crippen LogP contribution in [0.25, 0.3) is 10.8 Å². The van der Waals surface area contributed by atoms with Crippen molar-refractivity contribution in [1.82, 2.24) is 20.1 Å². The van der Waals surface area contributed by atoms with Crippen LogP contribution in [0.1, 0.15) is 50.8 Å². The number of alkyl halides is 2. The Morgan fingerprint density at radius 3 is 2.61 bits per heavy atom. The Hall–Kier alpha value is -2.10. The SMILES string of the molecule is O=C(C1CCCCC1)N1C2CC1CN(c1ncc(-c3nnc(C(F)F)o3)s1)C2. The van der Waals surface area contributed by atoms with Crippen molar-refractivity contribution in [2.24, 2.45) is 5.92 Å². The first-order valence-corrected chi connectivity index (χ1v) is 10.6. The van der Waals surface area contributed by atoms with Crippen LogP contribution in [0.3, 0.4) is 0 Å². The summed E-state index contributed by atoms with van der Waals surface area (Å²) in [5.74, 6) is -0.0687. The van der Waals surface area contributed by atoms with E-state index in [0.29, 0.717) is 10.8 Å². The van der Waals surface area contributed by atoms with E-state index >= 15 is 0 Å². The lowest BCUT2D eigenvalue weighted by molar-refractivity contribution is -0.151. The van der Waals surface area contributed by atoms with E-state index in [4.69, 9.17) is 4.42 Å². The summed E-state index contributed by atoms with van der Waals surface area (Å²) in [6.45, 7) is 1.52. The third-order valence-electron chi connectivity index (χ3n) is 6.00. The van der Waals surface area contributed by atoms with Gasteiger partial charge >= 0.3 is 6.43 Å². The molecule has 2 aromatic rings. The smallest absolute Gasteiger partial charge is 0.314 e. The number of carbonyl (C=O) groups excluding carboxylic acids is 1. The quantitative estimate of drug-likeness (QED) is 0.769. The highest BCUT2D eigenvalue weighted by molar-refractivity contribution is 7.18. The molecule has 3 saturated heterocycles. The van der Waals surface area contributed by atoms with Crippen molar-refractivity contribution in [1.29, 1.82) is 0 Å². The lowest BCUT2D eigenvalue weighted by Crippen LogP contribution is -2.71. The van der Waals surface area contributed by atoms with Crippen LogP contribution < -0.4 is 4.90 Å². The van der Waals surface area contributed by atoms with Gasteiger partial charge in [0.25, 0.3) is 11.8 Å². The fraction of sp³-hybridized carbons (Fsp3) is 0.667. The lowest BCUT2D eigenvalue weighted by atomic mass is 9.82. The van der Waals surface area contributed by atoms with Gasteiger partial charge in [-0.2, -0.15) is 8.78 Å². The highest BCUT2D eigenvalue weighted by Gasteiger charge is 2.49. The maximum absolute atomic E-state index is 12.9. The molecule has 1 amide bonds. The number of amides is 1. The van der Waals surface area contributed by atoms with E-state index in [9.17, 15) is 13.6 Å². The fourth-order valence-electron chi connectivity index (χ4n) is 4.62. The van der Waals surface area contributed by atoms with Crippen LogP contribution in [0, 0.1) is 5.92 Å². The number of piperidine rings is 1. The molecule has 4 fully saturated rings. The Morgan fingerprint density at radius 1 is 1.18 bits per heavy atom. The van der Waals surface area contributed by atoms with Crippen molar-refractivity contribution < 1.29 is 18.0 Å². The summed E-state index contributed by atoms with van der Waals surface area (Å²) >= 11 is 1.35. The molecular weight excluding hydrogens is 388 g/mol. The predicted octanol–water partition coefficient (Wildman–Crippen LogP) is 3.50. The van der Waals surface area contributed by atoms with Gasteiger partial charge in [-0.25, -0.2) is 4.98 Å². The molecule has 6 rings (SSSR count). The van der Waals surface area contributed by atoms with E-state index in [1.54, 1.807) is 6.20 Å². The summed E-state index contributed by atoms with van der Waals surface area (Å²) < 4.78 is 30.3. The third kappa shape index (κ3) is 3.07. The zero-order chi connectivity index (χ0) is 19.3. The molecule has 1 aliphatic carbocycles. The molecule has 0 aromatic carbocycles. The first kappa shape index (κ1) is 18.0. The molecule has 0 spiro atoms. The summed E-state index contributed by atoms with van der Waals surface area (Å²) in [7, 11) is 0. The number of anilines is 1. The Bertz CT molecular complexity index is 854.